The minimum Gasteiger partial charge on any atom is -0.481 e. The van der Waals surface area contributed by atoms with Crippen LogP contribution < -0.4 is 0 Å². The minimum absolute atomic E-state index is 0.0631. The molecule has 1 atom stereocenters. The Hall–Kier alpha value is -3.19. The van der Waals surface area contributed by atoms with Crippen LogP contribution in [0, 0.1) is 10.8 Å². The van der Waals surface area contributed by atoms with Gasteiger partial charge >= 0.3 is 29.8 Å². The van der Waals surface area contributed by atoms with E-state index >= 15 is 0 Å². The van der Waals surface area contributed by atoms with Crippen LogP contribution in [0.15, 0.2) is 12.2 Å². The first-order valence-electron chi connectivity index (χ1n) is 18.4. The summed E-state index contributed by atoms with van der Waals surface area (Å²) in [6, 6.07) is 0. The van der Waals surface area contributed by atoms with E-state index in [1.165, 1.54) is 6.92 Å². The summed E-state index contributed by atoms with van der Waals surface area (Å²) in [5, 5.41) is 9.03. The maximum Gasteiger partial charge on any atom is 0.333 e. The lowest BCUT2D eigenvalue weighted by Crippen LogP contribution is -2.46. The highest BCUT2D eigenvalue weighted by Crippen LogP contribution is 2.26. The van der Waals surface area contributed by atoms with Crippen LogP contribution in [0.25, 0.3) is 0 Å². The molecule has 0 aromatic heterocycles. The molecule has 0 aliphatic rings. The molecule has 0 heterocycles. The summed E-state index contributed by atoms with van der Waals surface area (Å²) in [5.74, 6) is -3.73. The zero-order valence-corrected chi connectivity index (χ0v) is 32.9. The highest BCUT2D eigenvalue weighted by atomic mass is 16.7. The lowest BCUT2D eigenvalue weighted by atomic mass is 9.90. The molecule has 0 spiro atoms. The normalized spacial score (nSPS) is 12.5. The molecule has 0 bridgehead atoms. The lowest BCUT2D eigenvalue weighted by Gasteiger charge is -2.36. The van der Waals surface area contributed by atoms with E-state index in [-0.39, 0.29) is 105 Å². The number of carbonyl (C=O) groups is 5. The average Bonchev–Trinajstić information content (AvgIpc) is 3.14. The Bertz CT molecular complexity index is 1050. The second-order valence-electron chi connectivity index (χ2n) is 12.9. The molecule has 0 aliphatic carbocycles. The van der Waals surface area contributed by atoms with Gasteiger partial charge in [-0.1, -0.05) is 34.3 Å². The van der Waals surface area contributed by atoms with Crippen LogP contribution in [0.3, 0.4) is 0 Å². The van der Waals surface area contributed by atoms with Gasteiger partial charge in [0.05, 0.1) is 63.1 Å². The van der Waals surface area contributed by atoms with Gasteiger partial charge in [0, 0.05) is 31.8 Å². The van der Waals surface area contributed by atoms with E-state index in [2.05, 4.69) is 6.58 Å². The van der Waals surface area contributed by atoms with Crippen LogP contribution >= 0.6 is 0 Å². The van der Waals surface area contributed by atoms with Crippen molar-refractivity contribution in [3.8, 4) is 0 Å². The van der Waals surface area contributed by atoms with Gasteiger partial charge in [0.15, 0.2) is 0 Å². The summed E-state index contributed by atoms with van der Waals surface area (Å²) in [7, 11) is 0. The van der Waals surface area contributed by atoms with Gasteiger partial charge < -0.3 is 57.2 Å². The third-order valence-corrected chi connectivity index (χ3v) is 7.09. The smallest absolute Gasteiger partial charge is 0.333 e. The molecule has 17 nitrogen and oxygen atoms in total. The molecule has 0 radical (unpaired) electrons. The molecule has 1 unspecified atom stereocenters. The summed E-state index contributed by atoms with van der Waals surface area (Å²) in [6.45, 7) is 12.0. The van der Waals surface area contributed by atoms with Gasteiger partial charge in [0.1, 0.15) is 46.8 Å². The van der Waals surface area contributed by atoms with E-state index in [1.807, 2.05) is 27.7 Å². The van der Waals surface area contributed by atoms with Gasteiger partial charge in [-0.25, -0.2) is 4.79 Å². The third kappa shape index (κ3) is 26.6. The highest BCUT2D eigenvalue weighted by molar-refractivity contribution is 5.87. The molecule has 0 saturated carbocycles. The van der Waals surface area contributed by atoms with Crippen molar-refractivity contribution in [1.82, 2.24) is 0 Å². The van der Waals surface area contributed by atoms with Crippen LogP contribution in [0.2, 0.25) is 0 Å². The molecule has 0 fully saturated rings. The molecule has 0 amide bonds. The van der Waals surface area contributed by atoms with Gasteiger partial charge in [-0.2, -0.15) is 0 Å². The molecular formula is C37H64O17. The molecule has 0 aliphatic heterocycles. The van der Waals surface area contributed by atoms with Gasteiger partial charge in [-0.15, -0.1) is 0 Å². The average molecular weight is 781 g/mol. The fourth-order valence-electron chi connectivity index (χ4n) is 4.23. The predicted octanol–water partition coefficient (Wildman–Crippen LogP) is 3.98. The molecule has 0 saturated heterocycles. The number of rotatable bonds is 37. The van der Waals surface area contributed by atoms with E-state index in [0.29, 0.717) is 26.2 Å². The van der Waals surface area contributed by atoms with Crippen LogP contribution in [-0.4, -0.2) is 135 Å². The minimum atomic E-state index is -1.27. The lowest BCUT2D eigenvalue weighted by molar-refractivity contribution is -0.183. The monoisotopic (exact) mass is 780 g/mol. The molecule has 17 heteroatoms. The van der Waals surface area contributed by atoms with E-state index in [0.717, 1.165) is 19.3 Å². The van der Waals surface area contributed by atoms with E-state index in [9.17, 15) is 24.0 Å². The van der Waals surface area contributed by atoms with Crippen molar-refractivity contribution in [2.45, 2.75) is 86.0 Å². The quantitative estimate of drug-likeness (QED) is 0.0311. The Balaban J connectivity index is 6.36. The summed E-state index contributed by atoms with van der Waals surface area (Å²) < 4.78 is 61.9. The fourth-order valence-corrected chi connectivity index (χ4v) is 4.23. The van der Waals surface area contributed by atoms with Crippen molar-refractivity contribution in [1.29, 1.82) is 0 Å². The topological polar surface area (TPSA) is 207 Å². The molecule has 0 aromatic rings. The van der Waals surface area contributed by atoms with Gasteiger partial charge in [-0.05, 0) is 32.6 Å². The van der Waals surface area contributed by atoms with Crippen molar-refractivity contribution in [3.63, 3.8) is 0 Å². The van der Waals surface area contributed by atoms with Crippen LogP contribution in [0.4, 0.5) is 0 Å². The van der Waals surface area contributed by atoms with Crippen molar-refractivity contribution in [3.05, 3.63) is 12.2 Å². The van der Waals surface area contributed by atoms with E-state index in [4.69, 9.17) is 57.2 Å². The number of aliphatic carboxylic acids is 1. The largest absolute Gasteiger partial charge is 0.481 e. The number of carboxylic acids is 1. The first kappa shape index (κ1) is 50.8. The number of carboxylic acid groups (broad SMARTS) is 1. The first-order valence-corrected chi connectivity index (χ1v) is 18.4. The Morgan fingerprint density at radius 2 is 0.852 bits per heavy atom. The third-order valence-electron chi connectivity index (χ3n) is 7.09. The highest BCUT2D eigenvalue weighted by Gasteiger charge is 2.39. The Morgan fingerprint density at radius 1 is 0.463 bits per heavy atom. The van der Waals surface area contributed by atoms with Gasteiger partial charge in [0.2, 0.25) is 0 Å². The summed E-state index contributed by atoms with van der Waals surface area (Å²) in [6.07, 6.45) is 1.92. The SMILES string of the molecule is C=C(C)C(=O)OCCC(=O)OCC(COCOCCC)(COCOCCC)COCC(COCOCCC)(COC(=O)CCC)COC(=O)CCC(=O)O. The van der Waals surface area contributed by atoms with Crippen molar-refractivity contribution in [2.75, 3.05) is 99.7 Å². The first-order chi connectivity index (χ1) is 25.9. The standard InChI is InChI=1S/C37H64O17/c1-7-11-32(40)52-25-37(23-50-29-46-17-10-4,26-53-33(41)13-12-31(38)39)20-47-19-36(21-48-27-44-15-8-2,22-49-28-45-16-9-3)24-54-34(42)14-18-51-35(43)30(5)6/h5,7-29H2,1-4,6H3,(H,38,39). The predicted molar refractivity (Wildman–Crippen MR) is 192 cm³/mol. The number of esters is 4. The molecule has 54 heavy (non-hydrogen) atoms. The molecule has 314 valence electrons. The summed E-state index contributed by atoms with van der Waals surface area (Å²) >= 11 is 0. The Kier molecular flexibility index (Phi) is 30.2. The zero-order valence-electron chi connectivity index (χ0n) is 32.9. The van der Waals surface area contributed by atoms with Gasteiger partial charge in [-0.3, -0.25) is 19.2 Å². The Labute approximate surface area is 319 Å². The van der Waals surface area contributed by atoms with Crippen molar-refractivity contribution >= 4 is 29.8 Å². The van der Waals surface area contributed by atoms with Crippen LogP contribution in [0.5, 0.6) is 0 Å². The maximum absolute atomic E-state index is 12.8. The number of ether oxygens (including phenoxy) is 11. The second kappa shape index (κ2) is 32.1. The zero-order chi connectivity index (χ0) is 40.5. The fraction of sp³-hybridized carbons (Fsp3) is 0.811. The molecule has 1 N–H and O–H groups in total. The number of carbonyl (C=O) groups excluding carboxylic acids is 4. The second-order valence-corrected chi connectivity index (χ2v) is 12.9. The molecule has 0 rings (SSSR count). The summed E-state index contributed by atoms with van der Waals surface area (Å²) in [4.78, 5) is 60.6. The molecule has 0 aromatic carbocycles. The van der Waals surface area contributed by atoms with Crippen LogP contribution in [-0.2, 0) is 76.1 Å². The number of hydrogen-bond donors (Lipinski definition) is 1. The number of hydrogen-bond acceptors (Lipinski definition) is 16. The van der Waals surface area contributed by atoms with Crippen molar-refractivity contribution < 1.29 is 81.2 Å². The summed E-state index contributed by atoms with van der Waals surface area (Å²) in [5.41, 5.74) is -2.23. The Morgan fingerprint density at radius 3 is 1.24 bits per heavy atom. The van der Waals surface area contributed by atoms with Gasteiger partial charge in [0.25, 0.3) is 0 Å². The maximum atomic E-state index is 12.8. The van der Waals surface area contributed by atoms with E-state index < -0.39 is 47.1 Å². The van der Waals surface area contributed by atoms with Crippen LogP contribution in [0.1, 0.15) is 86.0 Å². The van der Waals surface area contributed by atoms with Crippen molar-refractivity contribution in [2.24, 2.45) is 10.8 Å². The molecular weight excluding hydrogens is 716 g/mol. The van der Waals surface area contributed by atoms with E-state index in [1.54, 1.807) is 0 Å².